The van der Waals surface area contributed by atoms with Crippen LogP contribution in [0.1, 0.15) is 0 Å². The number of nitrogens with zero attached hydrogens (tertiary/aromatic N) is 2. The maximum Gasteiger partial charge on any atom is 0.227 e. The Balaban J connectivity index is 1.60. The molecule has 4 heteroatoms. The van der Waals surface area contributed by atoms with Crippen molar-refractivity contribution in [3.8, 4) is 33.8 Å². The van der Waals surface area contributed by atoms with Crippen molar-refractivity contribution in [3.05, 3.63) is 103 Å². The fourth-order valence-corrected chi connectivity index (χ4v) is 5.75. The minimum absolute atomic E-state index is 0.626. The molecular formula is C31H26N2OSi. The first-order valence-corrected chi connectivity index (χ1v) is 15.4. The Labute approximate surface area is 206 Å². The average Bonchev–Trinajstić information content (AvgIpc) is 3.32. The van der Waals surface area contributed by atoms with Gasteiger partial charge in [0.15, 0.2) is 5.58 Å². The molecule has 0 fully saturated rings. The lowest BCUT2D eigenvalue weighted by atomic mass is 9.97. The van der Waals surface area contributed by atoms with Crippen LogP contribution >= 0.6 is 0 Å². The number of pyridine rings is 1. The zero-order chi connectivity index (χ0) is 24.0. The summed E-state index contributed by atoms with van der Waals surface area (Å²) >= 11 is 0. The van der Waals surface area contributed by atoms with E-state index in [1.54, 1.807) is 0 Å². The highest BCUT2D eigenvalue weighted by atomic mass is 28.3. The number of oxazole rings is 1. The SMILES string of the molecule is C[Si](C)(C)c1ccc2c(-c3cc(-c4ccccc4)c4nc(-c5ccccc5)oc4c3)nccc2c1. The molecule has 0 aliphatic rings. The van der Waals surface area contributed by atoms with Gasteiger partial charge >= 0.3 is 0 Å². The molecule has 0 spiro atoms. The number of hydrogen-bond acceptors (Lipinski definition) is 3. The molecule has 0 bridgehead atoms. The van der Waals surface area contributed by atoms with E-state index in [4.69, 9.17) is 14.4 Å². The van der Waals surface area contributed by atoms with Crippen LogP contribution in [0.5, 0.6) is 0 Å². The molecule has 0 amide bonds. The highest BCUT2D eigenvalue weighted by Gasteiger charge is 2.19. The van der Waals surface area contributed by atoms with E-state index < -0.39 is 8.07 Å². The largest absolute Gasteiger partial charge is 0.436 e. The predicted octanol–water partition coefficient (Wildman–Crippen LogP) is 7.92. The van der Waals surface area contributed by atoms with Crippen LogP contribution in [-0.2, 0) is 0 Å². The third kappa shape index (κ3) is 3.96. The molecule has 0 atom stereocenters. The monoisotopic (exact) mass is 470 g/mol. The molecule has 0 aliphatic carbocycles. The second kappa shape index (κ2) is 8.33. The van der Waals surface area contributed by atoms with Crippen molar-refractivity contribution >= 4 is 35.1 Å². The summed E-state index contributed by atoms with van der Waals surface area (Å²) in [5.41, 5.74) is 6.72. The predicted molar refractivity (Wildman–Crippen MR) is 149 cm³/mol. The zero-order valence-electron chi connectivity index (χ0n) is 20.1. The lowest BCUT2D eigenvalue weighted by Crippen LogP contribution is -2.37. The van der Waals surface area contributed by atoms with Gasteiger partial charge < -0.3 is 4.42 Å². The molecule has 2 aromatic heterocycles. The summed E-state index contributed by atoms with van der Waals surface area (Å²) in [5, 5.41) is 3.82. The Morgan fingerprint density at radius 2 is 1.40 bits per heavy atom. The summed E-state index contributed by atoms with van der Waals surface area (Å²) in [4.78, 5) is 9.74. The number of benzene rings is 4. The summed E-state index contributed by atoms with van der Waals surface area (Å²) in [5.74, 6) is 0.626. The molecule has 2 heterocycles. The topological polar surface area (TPSA) is 38.9 Å². The highest BCUT2D eigenvalue weighted by molar-refractivity contribution is 6.88. The first-order chi connectivity index (χ1) is 17.0. The molecule has 170 valence electrons. The number of hydrogen-bond donors (Lipinski definition) is 0. The highest BCUT2D eigenvalue weighted by Crippen LogP contribution is 2.37. The first-order valence-electron chi connectivity index (χ1n) is 11.9. The molecule has 0 saturated heterocycles. The van der Waals surface area contributed by atoms with Crippen molar-refractivity contribution in [1.29, 1.82) is 0 Å². The Morgan fingerprint density at radius 3 is 2.11 bits per heavy atom. The third-order valence-electron chi connectivity index (χ3n) is 6.50. The summed E-state index contributed by atoms with van der Waals surface area (Å²) in [6.07, 6.45) is 1.91. The molecule has 0 aliphatic heterocycles. The minimum Gasteiger partial charge on any atom is -0.436 e. The third-order valence-corrected chi connectivity index (χ3v) is 8.55. The van der Waals surface area contributed by atoms with Gasteiger partial charge in [0.25, 0.3) is 0 Å². The van der Waals surface area contributed by atoms with Crippen LogP contribution in [0, 0.1) is 0 Å². The van der Waals surface area contributed by atoms with Crippen LogP contribution in [0.25, 0.3) is 55.7 Å². The first kappa shape index (κ1) is 21.5. The smallest absolute Gasteiger partial charge is 0.227 e. The maximum atomic E-state index is 6.32. The number of fused-ring (bicyclic) bond motifs is 2. The van der Waals surface area contributed by atoms with E-state index >= 15 is 0 Å². The maximum absolute atomic E-state index is 6.32. The van der Waals surface area contributed by atoms with Gasteiger partial charge in [0.2, 0.25) is 5.89 Å². The fourth-order valence-electron chi connectivity index (χ4n) is 4.58. The van der Waals surface area contributed by atoms with Crippen molar-refractivity contribution in [1.82, 2.24) is 9.97 Å². The zero-order valence-corrected chi connectivity index (χ0v) is 21.1. The van der Waals surface area contributed by atoms with Crippen LogP contribution in [0.3, 0.4) is 0 Å². The second-order valence-corrected chi connectivity index (χ2v) is 15.0. The molecular weight excluding hydrogens is 444 g/mol. The van der Waals surface area contributed by atoms with Crippen LogP contribution in [-0.4, -0.2) is 18.0 Å². The summed E-state index contributed by atoms with van der Waals surface area (Å²) in [7, 11) is -1.41. The van der Waals surface area contributed by atoms with Gasteiger partial charge in [-0.05, 0) is 41.3 Å². The van der Waals surface area contributed by atoms with Gasteiger partial charge in [-0.15, -0.1) is 0 Å². The van der Waals surface area contributed by atoms with Gasteiger partial charge in [0, 0.05) is 28.3 Å². The van der Waals surface area contributed by atoms with Gasteiger partial charge in [0.05, 0.1) is 13.8 Å². The Kier molecular flexibility index (Phi) is 5.12. The van der Waals surface area contributed by atoms with E-state index in [0.717, 1.165) is 44.4 Å². The van der Waals surface area contributed by atoms with Crippen molar-refractivity contribution in [2.75, 3.05) is 0 Å². The van der Waals surface area contributed by atoms with Crippen LogP contribution < -0.4 is 5.19 Å². The molecule has 0 unspecified atom stereocenters. The van der Waals surface area contributed by atoms with Crippen molar-refractivity contribution in [2.24, 2.45) is 0 Å². The Bertz CT molecular complexity index is 1670. The fraction of sp³-hybridized carbons (Fsp3) is 0.0968. The quantitative estimate of drug-likeness (QED) is 0.246. The molecule has 0 N–H and O–H groups in total. The van der Waals surface area contributed by atoms with E-state index in [2.05, 4.69) is 80.3 Å². The summed E-state index contributed by atoms with van der Waals surface area (Å²) in [6.45, 7) is 7.14. The van der Waals surface area contributed by atoms with Gasteiger partial charge in [-0.3, -0.25) is 4.98 Å². The van der Waals surface area contributed by atoms with Crippen LogP contribution in [0.4, 0.5) is 0 Å². The normalized spacial score (nSPS) is 11.9. The molecule has 0 radical (unpaired) electrons. The van der Waals surface area contributed by atoms with Gasteiger partial charge in [-0.1, -0.05) is 91.6 Å². The molecule has 6 aromatic rings. The number of aromatic nitrogens is 2. The summed E-state index contributed by atoms with van der Waals surface area (Å²) in [6, 6.07) is 33.7. The van der Waals surface area contributed by atoms with Gasteiger partial charge in [-0.25, -0.2) is 4.98 Å². The van der Waals surface area contributed by atoms with Crippen LogP contribution in [0.15, 0.2) is 108 Å². The van der Waals surface area contributed by atoms with Gasteiger partial charge in [0.1, 0.15) is 5.52 Å². The minimum atomic E-state index is -1.41. The Morgan fingerprint density at radius 1 is 0.686 bits per heavy atom. The van der Waals surface area contributed by atoms with E-state index in [1.807, 2.05) is 42.6 Å². The molecule has 4 aromatic carbocycles. The number of rotatable bonds is 4. The molecule has 3 nitrogen and oxygen atoms in total. The molecule has 6 rings (SSSR count). The average molecular weight is 471 g/mol. The van der Waals surface area contributed by atoms with Gasteiger partial charge in [-0.2, -0.15) is 0 Å². The van der Waals surface area contributed by atoms with E-state index in [-0.39, 0.29) is 0 Å². The lowest BCUT2D eigenvalue weighted by molar-refractivity contribution is 0.620. The van der Waals surface area contributed by atoms with Crippen molar-refractivity contribution in [2.45, 2.75) is 19.6 Å². The Hall–Kier alpha value is -4.02. The molecule has 0 saturated carbocycles. The van der Waals surface area contributed by atoms with E-state index in [0.29, 0.717) is 5.89 Å². The summed E-state index contributed by atoms with van der Waals surface area (Å²) < 4.78 is 6.32. The second-order valence-electron chi connectivity index (χ2n) is 9.97. The van der Waals surface area contributed by atoms with Crippen molar-refractivity contribution in [3.63, 3.8) is 0 Å². The van der Waals surface area contributed by atoms with Crippen LogP contribution in [0.2, 0.25) is 19.6 Å². The molecule has 35 heavy (non-hydrogen) atoms. The van der Waals surface area contributed by atoms with E-state index in [1.165, 1.54) is 10.6 Å². The van der Waals surface area contributed by atoms with Crippen molar-refractivity contribution < 1.29 is 4.42 Å². The van der Waals surface area contributed by atoms with E-state index in [9.17, 15) is 0 Å². The standard InChI is InChI=1S/C31H26N2OSi/c1-35(2,3)25-14-15-26-23(18-25)16-17-32-29(26)24-19-27(21-10-6-4-7-11-21)30-28(20-24)34-31(33-30)22-12-8-5-9-13-22/h4-20H,1-3H3. The lowest BCUT2D eigenvalue weighted by Gasteiger charge is -2.17.